The first-order valence-corrected chi connectivity index (χ1v) is 9.33. The van der Waals surface area contributed by atoms with Crippen LogP contribution >= 0.6 is 0 Å². The van der Waals surface area contributed by atoms with Crippen molar-refractivity contribution in [2.45, 2.75) is 43.5 Å². The molecule has 0 unspecified atom stereocenters. The number of hydrogen-bond acceptors (Lipinski definition) is 4. The zero-order valence-electron chi connectivity index (χ0n) is 13.4. The number of nitrogens with two attached hydrogens (primary N) is 1. The Labute approximate surface area is 140 Å². The largest absolute Gasteiger partial charge is 0.366 e. The lowest BCUT2D eigenvalue weighted by Gasteiger charge is -2.09. The standard InChI is InChI=1S/C16H20N4O3S/c1-11-15(10-20(18-11)14-4-2-3-5-14)24(22,23)19-13-8-6-12(7-9-13)16(17)21/h6-10,14,19H,2-5H2,1H3,(H2,17,21). The number of nitrogens with zero attached hydrogens (tertiary/aromatic N) is 2. The minimum Gasteiger partial charge on any atom is -0.366 e. The SMILES string of the molecule is Cc1nn(C2CCCC2)cc1S(=O)(=O)Nc1ccc(C(N)=O)cc1. The van der Waals surface area contributed by atoms with Crippen LogP contribution in [0.3, 0.4) is 0 Å². The molecule has 1 saturated carbocycles. The third-order valence-electron chi connectivity index (χ3n) is 4.28. The first-order valence-electron chi connectivity index (χ1n) is 7.85. The van der Waals surface area contributed by atoms with Crippen LogP contribution in [0.5, 0.6) is 0 Å². The summed E-state index contributed by atoms with van der Waals surface area (Å²) in [6.07, 6.45) is 5.96. The van der Waals surface area contributed by atoms with Crippen LogP contribution in [-0.4, -0.2) is 24.1 Å². The molecule has 3 rings (SSSR count). The Morgan fingerprint density at radius 1 is 1.25 bits per heavy atom. The van der Waals surface area contributed by atoms with Gasteiger partial charge in [-0.15, -0.1) is 0 Å². The van der Waals surface area contributed by atoms with E-state index in [1.54, 1.807) is 17.8 Å². The highest BCUT2D eigenvalue weighted by Crippen LogP contribution is 2.30. The van der Waals surface area contributed by atoms with E-state index in [-0.39, 0.29) is 10.9 Å². The lowest BCUT2D eigenvalue weighted by molar-refractivity contribution is 0.100. The van der Waals surface area contributed by atoms with Crippen LogP contribution in [0.2, 0.25) is 0 Å². The number of hydrogen-bond donors (Lipinski definition) is 2. The van der Waals surface area contributed by atoms with Crippen molar-refractivity contribution in [1.82, 2.24) is 9.78 Å². The lowest BCUT2D eigenvalue weighted by atomic mass is 10.2. The first-order chi connectivity index (χ1) is 11.4. The minimum atomic E-state index is -3.74. The fraction of sp³-hybridized carbons (Fsp3) is 0.375. The summed E-state index contributed by atoms with van der Waals surface area (Å²) in [7, 11) is -3.74. The molecular weight excluding hydrogens is 328 g/mol. The molecule has 0 radical (unpaired) electrons. The molecule has 1 aliphatic carbocycles. The molecule has 128 valence electrons. The number of rotatable bonds is 5. The van der Waals surface area contributed by atoms with Gasteiger partial charge in [-0.2, -0.15) is 5.10 Å². The Balaban J connectivity index is 1.83. The van der Waals surface area contributed by atoms with Crippen molar-refractivity contribution in [2.75, 3.05) is 4.72 Å². The van der Waals surface area contributed by atoms with Crippen molar-refractivity contribution in [3.63, 3.8) is 0 Å². The number of carbonyl (C=O) groups excluding carboxylic acids is 1. The van der Waals surface area contributed by atoms with E-state index in [1.807, 2.05) is 0 Å². The summed E-state index contributed by atoms with van der Waals surface area (Å²) in [6.45, 7) is 1.69. The highest BCUT2D eigenvalue weighted by Gasteiger charge is 2.24. The summed E-state index contributed by atoms with van der Waals surface area (Å²) in [6, 6.07) is 6.26. The molecule has 0 bridgehead atoms. The molecule has 1 heterocycles. The molecular formula is C16H20N4O3S. The van der Waals surface area contributed by atoms with Gasteiger partial charge < -0.3 is 5.73 Å². The summed E-state index contributed by atoms with van der Waals surface area (Å²) in [4.78, 5) is 11.2. The van der Waals surface area contributed by atoms with E-state index in [2.05, 4.69) is 9.82 Å². The fourth-order valence-corrected chi connectivity index (χ4v) is 4.23. The summed E-state index contributed by atoms with van der Waals surface area (Å²) in [5.41, 5.74) is 6.34. The maximum atomic E-state index is 12.6. The topological polar surface area (TPSA) is 107 Å². The third kappa shape index (κ3) is 3.28. The second-order valence-corrected chi connectivity index (χ2v) is 7.69. The number of amides is 1. The van der Waals surface area contributed by atoms with E-state index in [4.69, 9.17) is 5.73 Å². The van der Waals surface area contributed by atoms with Crippen molar-refractivity contribution >= 4 is 21.6 Å². The molecule has 1 fully saturated rings. The van der Waals surface area contributed by atoms with Gasteiger partial charge in [-0.25, -0.2) is 8.42 Å². The van der Waals surface area contributed by atoms with Gasteiger partial charge in [0.2, 0.25) is 5.91 Å². The van der Waals surface area contributed by atoms with Crippen LogP contribution in [0.15, 0.2) is 35.4 Å². The molecule has 0 aliphatic heterocycles. The van der Waals surface area contributed by atoms with Crippen LogP contribution in [0.4, 0.5) is 5.69 Å². The molecule has 7 nitrogen and oxygen atoms in total. The molecule has 0 spiro atoms. The summed E-state index contributed by atoms with van der Waals surface area (Å²) < 4.78 is 29.5. The Bertz CT molecular complexity index is 850. The van der Waals surface area contributed by atoms with Crippen LogP contribution in [0.1, 0.15) is 47.8 Å². The predicted octanol–water partition coefficient (Wildman–Crippen LogP) is 2.21. The van der Waals surface area contributed by atoms with Gasteiger partial charge in [0.1, 0.15) is 4.90 Å². The molecule has 8 heteroatoms. The van der Waals surface area contributed by atoms with Crippen molar-refractivity contribution in [3.8, 4) is 0 Å². The zero-order chi connectivity index (χ0) is 17.3. The summed E-state index contributed by atoms with van der Waals surface area (Å²) >= 11 is 0. The minimum absolute atomic E-state index is 0.174. The van der Waals surface area contributed by atoms with Crippen LogP contribution < -0.4 is 10.5 Å². The van der Waals surface area contributed by atoms with Gasteiger partial charge in [0.15, 0.2) is 0 Å². The Hall–Kier alpha value is -2.35. The monoisotopic (exact) mass is 348 g/mol. The van der Waals surface area contributed by atoms with Gasteiger partial charge in [-0.3, -0.25) is 14.2 Å². The second kappa shape index (κ2) is 6.27. The Morgan fingerprint density at radius 2 is 1.88 bits per heavy atom. The average Bonchev–Trinajstić information content (AvgIpc) is 3.16. The van der Waals surface area contributed by atoms with Gasteiger partial charge in [0.05, 0.1) is 11.7 Å². The smallest absolute Gasteiger partial charge is 0.265 e. The van der Waals surface area contributed by atoms with Crippen molar-refractivity contribution < 1.29 is 13.2 Å². The zero-order valence-corrected chi connectivity index (χ0v) is 14.2. The predicted molar refractivity (Wildman–Crippen MR) is 90.2 cm³/mol. The number of carbonyl (C=O) groups is 1. The van der Waals surface area contributed by atoms with Crippen molar-refractivity contribution in [3.05, 3.63) is 41.7 Å². The van der Waals surface area contributed by atoms with Crippen LogP contribution in [0, 0.1) is 6.92 Å². The number of aryl methyl sites for hydroxylation is 1. The van der Waals surface area contributed by atoms with Gasteiger partial charge in [0, 0.05) is 17.4 Å². The number of benzene rings is 1. The van der Waals surface area contributed by atoms with E-state index < -0.39 is 15.9 Å². The molecule has 0 atom stereocenters. The third-order valence-corrected chi connectivity index (χ3v) is 5.77. The Kier molecular flexibility index (Phi) is 4.31. The number of anilines is 1. The number of aromatic nitrogens is 2. The molecule has 0 saturated heterocycles. The maximum Gasteiger partial charge on any atom is 0.265 e. The van der Waals surface area contributed by atoms with E-state index in [0.717, 1.165) is 25.7 Å². The first kappa shape index (κ1) is 16.5. The van der Waals surface area contributed by atoms with Gasteiger partial charge >= 0.3 is 0 Å². The van der Waals surface area contributed by atoms with Crippen molar-refractivity contribution in [1.29, 1.82) is 0 Å². The van der Waals surface area contributed by atoms with E-state index >= 15 is 0 Å². The lowest BCUT2D eigenvalue weighted by Crippen LogP contribution is -2.14. The quantitative estimate of drug-likeness (QED) is 0.863. The van der Waals surface area contributed by atoms with E-state index in [9.17, 15) is 13.2 Å². The molecule has 2 aromatic rings. The van der Waals surface area contributed by atoms with E-state index in [0.29, 0.717) is 16.9 Å². The highest BCUT2D eigenvalue weighted by molar-refractivity contribution is 7.92. The number of sulfonamides is 1. The molecule has 24 heavy (non-hydrogen) atoms. The van der Waals surface area contributed by atoms with Gasteiger partial charge in [-0.1, -0.05) is 12.8 Å². The van der Waals surface area contributed by atoms with Crippen LogP contribution in [-0.2, 0) is 10.0 Å². The van der Waals surface area contributed by atoms with Gasteiger partial charge in [0.25, 0.3) is 10.0 Å². The molecule has 1 aromatic heterocycles. The maximum absolute atomic E-state index is 12.6. The van der Waals surface area contributed by atoms with E-state index in [1.165, 1.54) is 24.3 Å². The second-order valence-electron chi connectivity index (χ2n) is 6.04. The summed E-state index contributed by atoms with van der Waals surface area (Å²) in [5.74, 6) is -0.557. The number of primary amides is 1. The van der Waals surface area contributed by atoms with Gasteiger partial charge in [-0.05, 0) is 44.0 Å². The average molecular weight is 348 g/mol. The Morgan fingerprint density at radius 3 is 2.46 bits per heavy atom. The highest BCUT2D eigenvalue weighted by atomic mass is 32.2. The molecule has 1 aliphatic rings. The molecule has 1 aromatic carbocycles. The molecule has 3 N–H and O–H groups in total. The van der Waals surface area contributed by atoms with Crippen molar-refractivity contribution in [2.24, 2.45) is 5.73 Å². The summed E-state index contributed by atoms with van der Waals surface area (Å²) in [5, 5.41) is 4.37. The van der Waals surface area contributed by atoms with Crippen LogP contribution in [0.25, 0.3) is 0 Å². The number of nitrogens with one attached hydrogen (secondary N) is 1. The molecule has 1 amide bonds. The fourth-order valence-electron chi connectivity index (χ4n) is 3.00. The normalized spacial score (nSPS) is 15.5.